The fourth-order valence-electron chi connectivity index (χ4n) is 6.42. The Bertz CT molecular complexity index is 1040. The number of nitrogens with zero attached hydrogens (tertiary/aromatic N) is 2. The first kappa shape index (κ1) is 25.4. The lowest BCUT2D eigenvalue weighted by Gasteiger charge is -2.41. The van der Waals surface area contributed by atoms with Crippen LogP contribution in [0, 0.1) is 31.6 Å². The largest absolute Gasteiger partial charge is 0.481 e. The van der Waals surface area contributed by atoms with Gasteiger partial charge in [-0.3, -0.25) is 14.4 Å². The quantitative estimate of drug-likeness (QED) is 0.522. The number of aliphatic hydroxyl groups is 1. The molecule has 1 aromatic carbocycles. The monoisotopic (exact) mass is 484 g/mol. The van der Waals surface area contributed by atoms with Crippen molar-refractivity contribution in [3.63, 3.8) is 0 Å². The maximum atomic E-state index is 14.5. The Morgan fingerprint density at radius 2 is 2.09 bits per heavy atom. The molecule has 8 heteroatoms. The second-order valence-corrected chi connectivity index (χ2v) is 10.3. The fourth-order valence-corrected chi connectivity index (χ4v) is 6.42. The van der Waals surface area contributed by atoms with E-state index in [2.05, 4.69) is 6.58 Å². The van der Waals surface area contributed by atoms with Crippen LogP contribution in [0.5, 0.6) is 0 Å². The summed E-state index contributed by atoms with van der Waals surface area (Å²) in [4.78, 5) is 43.7. The van der Waals surface area contributed by atoms with Gasteiger partial charge in [0.15, 0.2) is 0 Å². The van der Waals surface area contributed by atoms with Gasteiger partial charge in [0.1, 0.15) is 11.6 Å². The summed E-state index contributed by atoms with van der Waals surface area (Å²) in [7, 11) is 0. The number of aliphatic carboxylic acids is 1. The first-order valence-corrected chi connectivity index (χ1v) is 12.5. The number of carboxylic acids is 1. The summed E-state index contributed by atoms with van der Waals surface area (Å²) in [5.74, 6) is -3.86. The van der Waals surface area contributed by atoms with Gasteiger partial charge < -0.3 is 24.7 Å². The SMILES string of the molecule is C=CCN(C(=O)[C@H]1N([C@@H](CO)[C@@H](C)CC)C(=O)[C@@H]2[C@@H](C(=O)O)[C@H]3CC[C@]21O3)c1cc(C)ccc1C. The number of anilines is 1. The number of ether oxygens (including phenoxy) is 1. The van der Waals surface area contributed by atoms with E-state index >= 15 is 0 Å². The normalized spacial score (nSPS) is 30.8. The lowest BCUT2D eigenvalue weighted by molar-refractivity contribution is -0.151. The number of hydrogen-bond donors (Lipinski definition) is 2. The molecule has 3 aliphatic heterocycles. The minimum absolute atomic E-state index is 0.0940. The van der Waals surface area contributed by atoms with Gasteiger partial charge in [-0.25, -0.2) is 0 Å². The number of hydrogen-bond acceptors (Lipinski definition) is 5. The fraction of sp³-hybridized carbons (Fsp3) is 0.593. The molecule has 0 saturated carbocycles. The van der Waals surface area contributed by atoms with Crippen molar-refractivity contribution < 1.29 is 29.3 Å². The van der Waals surface area contributed by atoms with Gasteiger partial charge in [-0.05, 0) is 49.8 Å². The van der Waals surface area contributed by atoms with Crippen LogP contribution in [0.4, 0.5) is 5.69 Å². The highest BCUT2D eigenvalue weighted by Crippen LogP contribution is 2.59. The van der Waals surface area contributed by atoms with E-state index < -0.39 is 47.5 Å². The highest BCUT2D eigenvalue weighted by atomic mass is 16.5. The molecule has 4 rings (SSSR count). The number of aryl methyl sites for hydroxylation is 2. The molecule has 35 heavy (non-hydrogen) atoms. The summed E-state index contributed by atoms with van der Waals surface area (Å²) in [6, 6.07) is 4.20. The Labute approximate surface area is 206 Å². The highest BCUT2D eigenvalue weighted by Gasteiger charge is 2.75. The average Bonchev–Trinajstić information content (AvgIpc) is 3.47. The van der Waals surface area contributed by atoms with Crippen molar-refractivity contribution in [1.29, 1.82) is 0 Å². The van der Waals surface area contributed by atoms with Gasteiger partial charge >= 0.3 is 5.97 Å². The van der Waals surface area contributed by atoms with Crippen molar-refractivity contribution in [2.24, 2.45) is 17.8 Å². The number of carbonyl (C=O) groups is 3. The molecule has 2 bridgehead atoms. The van der Waals surface area contributed by atoms with Crippen LogP contribution in [0.3, 0.4) is 0 Å². The zero-order chi connectivity index (χ0) is 25.7. The molecule has 7 atom stereocenters. The molecule has 0 aromatic heterocycles. The summed E-state index contributed by atoms with van der Waals surface area (Å²) in [6.45, 7) is 11.5. The molecule has 0 unspecified atom stereocenters. The van der Waals surface area contributed by atoms with Crippen LogP contribution in [0.25, 0.3) is 0 Å². The topological polar surface area (TPSA) is 107 Å². The molecule has 1 spiro atoms. The third-order valence-electron chi connectivity index (χ3n) is 8.34. The summed E-state index contributed by atoms with van der Waals surface area (Å²) < 4.78 is 6.32. The van der Waals surface area contributed by atoms with Crippen molar-refractivity contribution in [2.75, 3.05) is 18.1 Å². The molecule has 190 valence electrons. The van der Waals surface area contributed by atoms with E-state index in [9.17, 15) is 24.6 Å². The number of carboxylic acid groups (broad SMARTS) is 1. The van der Waals surface area contributed by atoms with E-state index in [1.807, 2.05) is 45.9 Å². The maximum Gasteiger partial charge on any atom is 0.310 e. The smallest absolute Gasteiger partial charge is 0.310 e. The van der Waals surface area contributed by atoms with Gasteiger partial charge in [-0.2, -0.15) is 0 Å². The van der Waals surface area contributed by atoms with E-state index in [1.165, 1.54) is 4.90 Å². The van der Waals surface area contributed by atoms with Crippen LogP contribution in [0.2, 0.25) is 0 Å². The predicted molar refractivity (Wildman–Crippen MR) is 131 cm³/mol. The van der Waals surface area contributed by atoms with Crippen molar-refractivity contribution in [2.45, 2.75) is 70.7 Å². The van der Waals surface area contributed by atoms with Crippen LogP contribution >= 0.6 is 0 Å². The third-order valence-corrected chi connectivity index (χ3v) is 8.34. The van der Waals surface area contributed by atoms with Crippen LogP contribution in [-0.4, -0.2) is 69.8 Å². The Morgan fingerprint density at radius 1 is 1.37 bits per heavy atom. The van der Waals surface area contributed by atoms with Crippen molar-refractivity contribution in [3.8, 4) is 0 Å². The zero-order valence-electron chi connectivity index (χ0n) is 20.9. The molecule has 3 aliphatic rings. The van der Waals surface area contributed by atoms with Crippen LogP contribution < -0.4 is 4.90 Å². The number of benzene rings is 1. The number of aliphatic hydroxyl groups excluding tert-OH is 1. The van der Waals surface area contributed by atoms with E-state index in [0.29, 0.717) is 24.9 Å². The molecule has 2 N–H and O–H groups in total. The Kier molecular flexibility index (Phi) is 6.81. The molecule has 8 nitrogen and oxygen atoms in total. The van der Waals surface area contributed by atoms with Crippen molar-refractivity contribution in [3.05, 3.63) is 42.0 Å². The van der Waals surface area contributed by atoms with E-state index in [0.717, 1.165) is 11.1 Å². The molecule has 3 heterocycles. The van der Waals surface area contributed by atoms with E-state index in [4.69, 9.17) is 4.74 Å². The van der Waals surface area contributed by atoms with Gasteiger partial charge in [0.05, 0.1) is 30.6 Å². The molecular weight excluding hydrogens is 448 g/mol. The Hall–Kier alpha value is -2.71. The highest BCUT2D eigenvalue weighted by molar-refractivity contribution is 6.05. The number of amides is 2. The van der Waals surface area contributed by atoms with E-state index in [-0.39, 0.29) is 25.0 Å². The summed E-state index contributed by atoms with van der Waals surface area (Å²) in [6.07, 6.45) is 2.64. The van der Waals surface area contributed by atoms with Gasteiger partial charge in [0.2, 0.25) is 5.91 Å². The standard InChI is InChI=1S/C27H36N2O6/c1-6-12-28(18-13-15(3)8-9-17(18)5)25(32)23-27-11-10-20(35-27)21(26(33)34)22(27)24(31)29(23)19(14-30)16(4)7-2/h6,8-9,13,16,19-23,30H,1,7,10-12,14H2,2-5H3,(H,33,34)/t16-,19-,20+,21-,22-,23+,27-/m0/s1. The second-order valence-electron chi connectivity index (χ2n) is 10.3. The van der Waals surface area contributed by atoms with Gasteiger partial charge in [-0.15, -0.1) is 6.58 Å². The van der Waals surface area contributed by atoms with Crippen molar-refractivity contribution >= 4 is 23.5 Å². The summed E-state index contributed by atoms with van der Waals surface area (Å²) in [5, 5.41) is 20.3. The second kappa shape index (κ2) is 9.39. The molecule has 0 radical (unpaired) electrons. The first-order valence-electron chi connectivity index (χ1n) is 12.5. The molecule has 3 fully saturated rings. The number of rotatable bonds is 9. The molecule has 1 aromatic rings. The number of carbonyl (C=O) groups excluding carboxylic acids is 2. The average molecular weight is 485 g/mol. The number of fused-ring (bicyclic) bond motifs is 1. The number of likely N-dealkylation sites (tertiary alicyclic amines) is 1. The first-order chi connectivity index (χ1) is 16.6. The molecule has 3 saturated heterocycles. The summed E-state index contributed by atoms with van der Waals surface area (Å²) >= 11 is 0. The Balaban J connectivity index is 1.87. The van der Waals surface area contributed by atoms with E-state index in [1.54, 1.807) is 11.0 Å². The van der Waals surface area contributed by atoms with Crippen LogP contribution in [-0.2, 0) is 19.1 Å². The van der Waals surface area contributed by atoms with Crippen LogP contribution in [0.1, 0.15) is 44.2 Å². The molecule has 2 amide bonds. The lowest BCUT2D eigenvalue weighted by atomic mass is 9.70. The lowest BCUT2D eigenvalue weighted by Crippen LogP contribution is -2.60. The maximum absolute atomic E-state index is 14.5. The van der Waals surface area contributed by atoms with Crippen LogP contribution in [0.15, 0.2) is 30.9 Å². The van der Waals surface area contributed by atoms with Gasteiger partial charge in [0.25, 0.3) is 5.91 Å². The molecular formula is C27H36N2O6. The van der Waals surface area contributed by atoms with Gasteiger partial charge in [-0.1, -0.05) is 38.5 Å². The minimum Gasteiger partial charge on any atom is -0.481 e. The zero-order valence-corrected chi connectivity index (χ0v) is 20.9. The third kappa shape index (κ3) is 3.78. The Morgan fingerprint density at radius 3 is 2.69 bits per heavy atom. The predicted octanol–water partition coefficient (Wildman–Crippen LogP) is 2.69. The minimum atomic E-state index is -1.22. The summed E-state index contributed by atoms with van der Waals surface area (Å²) in [5.41, 5.74) is 1.38. The molecule has 0 aliphatic carbocycles. The van der Waals surface area contributed by atoms with Gasteiger partial charge in [0, 0.05) is 12.2 Å². The van der Waals surface area contributed by atoms with Crippen molar-refractivity contribution in [1.82, 2.24) is 4.90 Å².